The number of nitrogens with one attached hydrogen (secondary N) is 1. The van der Waals surface area contributed by atoms with E-state index in [0.29, 0.717) is 6.54 Å². The second kappa shape index (κ2) is 6.02. The van der Waals surface area contributed by atoms with Crippen LogP contribution in [-0.4, -0.2) is 57.7 Å². The summed E-state index contributed by atoms with van der Waals surface area (Å²) in [4.78, 5) is 23.6. The molecule has 126 valence electrons. The summed E-state index contributed by atoms with van der Waals surface area (Å²) in [5, 5.41) is 19.1. The molecular formula is C17H17N7O. The third-order valence-electron chi connectivity index (χ3n) is 4.73. The molecule has 8 heteroatoms. The first-order chi connectivity index (χ1) is 12.2. The first kappa shape index (κ1) is 15.3. The maximum absolute atomic E-state index is 12.5. The Morgan fingerprint density at radius 3 is 3.24 bits per heavy atom. The van der Waals surface area contributed by atoms with E-state index in [1.165, 1.54) is 4.90 Å². The third-order valence-corrected chi connectivity index (χ3v) is 4.73. The standard InChI is InChI=1S/C17H17N7O/c1-23(7-4-18)17(25)11-3-6-24(10-11)14-9-21-22-13-8-20-16-12(15(13)14)2-5-19-16/h2,5,8-9,11H,3,6-7,10H2,1H3,(H,19,20). The zero-order valence-electron chi connectivity index (χ0n) is 13.8. The van der Waals surface area contributed by atoms with Crippen LogP contribution in [0.2, 0.25) is 0 Å². The molecule has 1 aliphatic heterocycles. The van der Waals surface area contributed by atoms with Crippen molar-refractivity contribution in [2.45, 2.75) is 6.42 Å². The monoisotopic (exact) mass is 335 g/mol. The topological polar surface area (TPSA) is 102 Å². The van der Waals surface area contributed by atoms with Crippen LogP contribution in [0.15, 0.2) is 24.7 Å². The molecule has 4 heterocycles. The quantitative estimate of drug-likeness (QED) is 0.724. The predicted molar refractivity (Wildman–Crippen MR) is 92.8 cm³/mol. The molecule has 1 atom stereocenters. The first-order valence-electron chi connectivity index (χ1n) is 8.13. The van der Waals surface area contributed by atoms with Crippen LogP contribution in [0.1, 0.15) is 6.42 Å². The zero-order valence-corrected chi connectivity index (χ0v) is 13.8. The van der Waals surface area contributed by atoms with Crippen molar-refractivity contribution in [3.63, 3.8) is 0 Å². The van der Waals surface area contributed by atoms with E-state index in [1.54, 1.807) is 19.4 Å². The number of rotatable bonds is 3. The summed E-state index contributed by atoms with van der Waals surface area (Å²) in [6.45, 7) is 1.50. The van der Waals surface area contributed by atoms with Gasteiger partial charge in [-0.15, -0.1) is 5.10 Å². The number of fused-ring (bicyclic) bond motifs is 3. The largest absolute Gasteiger partial charge is 0.369 e. The fraction of sp³-hybridized carbons (Fsp3) is 0.353. The molecule has 0 radical (unpaired) electrons. The average Bonchev–Trinajstić information content (AvgIpc) is 3.30. The van der Waals surface area contributed by atoms with Crippen molar-refractivity contribution in [1.82, 2.24) is 25.1 Å². The highest BCUT2D eigenvalue weighted by molar-refractivity contribution is 6.09. The molecule has 3 aromatic rings. The number of anilines is 1. The maximum Gasteiger partial charge on any atom is 0.228 e. The Hall–Kier alpha value is -3.21. The molecule has 0 saturated carbocycles. The van der Waals surface area contributed by atoms with Gasteiger partial charge in [0.15, 0.2) is 0 Å². The zero-order chi connectivity index (χ0) is 17.4. The lowest BCUT2D eigenvalue weighted by Gasteiger charge is -2.21. The van der Waals surface area contributed by atoms with Gasteiger partial charge in [-0.25, -0.2) is 4.98 Å². The van der Waals surface area contributed by atoms with Crippen molar-refractivity contribution in [2.75, 3.05) is 31.6 Å². The number of carbonyl (C=O) groups excluding carboxylic acids is 1. The number of aromatic nitrogens is 4. The number of pyridine rings is 1. The molecule has 0 spiro atoms. The predicted octanol–water partition coefficient (Wildman–Crippen LogP) is 1.31. The van der Waals surface area contributed by atoms with Crippen LogP contribution in [0.5, 0.6) is 0 Å². The van der Waals surface area contributed by atoms with Crippen molar-refractivity contribution in [3.05, 3.63) is 24.7 Å². The van der Waals surface area contributed by atoms with Gasteiger partial charge in [-0.05, 0) is 12.5 Å². The van der Waals surface area contributed by atoms with Gasteiger partial charge in [0.1, 0.15) is 17.7 Å². The number of nitrogens with zero attached hydrogens (tertiary/aromatic N) is 6. The van der Waals surface area contributed by atoms with Crippen LogP contribution in [0.25, 0.3) is 21.9 Å². The number of aromatic amines is 1. The average molecular weight is 335 g/mol. The smallest absolute Gasteiger partial charge is 0.228 e. The normalized spacial score (nSPS) is 17.1. The lowest BCUT2D eigenvalue weighted by molar-refractivity contribution is -0.132. The highest BCUT2D eigenvalue weighted by Gasteiger charge is 2.31. The molecule has 8 nitrogen and oxygen atoms in total. The number of H-pyrrole nitrogens is 1. The van der Waals surface area contributed by atoms with E-state index in [-0.39, 0.29) is 18.4 Å². The molecule has 0 aliphatic carbocycles. The summed E-state index contributed by atoms with van der Waals surface area (Å²) >= 11 is 0. The van der Waals surface area contributed by atoms with Gasteiger partial charge in [0.2, 0.25) is 5.91 Å². The molecule has 1 unspecified atom stereocenters. The molecule has 25 heavy (non-hydrogen) atoms. The fourth-order valence-electron chi connectivity index (χ4n) is 3.47. The highest BCUT2D eigenvalue weighted by atomic mass is 16.2. The minimum Gasteiger partial charge on any atom is -0.369 e. The SMILES string of the molecule is CN(CC#N)C(=O)C1CCN(c2cnnc3cnc4[nH]ccc4c23)C1. The van der Waals surface area contributed by atoms with Crippen molar-refractivity contribution in [3.8, 4) is 6.07 Å². The van der Waals surface area contributed by atoms with Crippen LogP contribution < -0.4 is 4.90 Å². The molecule has 0 bridgehead atoms. The van der Waals surface area contributed by atoms with Gasteiger partial charge in [0.05, 0.1) is 30.1 Å². The number of amides is 1. The molecule has 1 saturated heterocycles. The van der Waals surface area contributed by atoms with Gasteiger partial charge >= 0.3 is 0 Å². The summed E-state index contributed by atoms with van der Waals surface area (Å²) in [5.74, 6) is -0.0889. The summed E-state index contributed by atoms with van der Waals surface area (Å²) in [6, 6.07) is 4.00. The lowest BCUT2D eigenvalue weighted by atomic mass is 10.1. The Kier molecular flexibility index (Phi) is 3.69. The Morgan fingerprint density at radius 1 is 1.52 bits per heavy atom. The van der Waals surface area contributed by atoms with Gasteiger partial charge in [0, 0.05) is 37.1 Å². The Bertz CT molecular complexity index is 989. The second-order valence-corrected chi connectivity index (χ2v) is 6.27. The van der Waals surface area contributed by atoms with Crippen molar-refractivity contribution in [2.24, 2.45) is 5.92 Å². The van der Waals surface area contributed by atoms with Crippen LogP contribution in [0.4, 0.5) is 5.69 Å². The van der Waals surface area contributed by atoms with Gasteiger partial charge in [-0.1, -0.05) is 0 Å². The van der Waals surface area contributed by atoms with E-state index in [0.717, 1.165) is 40.6 Å². The molecule has 3 aromatic heterocycles. The van der Waals surface area contributed by atoms with Gasteiger partial charge < -0.3 is 14.8 Å². The molecule has 4 rings (SSSR count). The third kappa shape index (κ3) is 2.54. The summed E-state index contributed by atoms with van der Waals surface area (Å²) in [7, 11) is 1.67. The highest BCUT2D eigenvalue weighted by Crippen LogP contribution is 2.33. The molecule has 1 N–H and O–H groups in total. The van der Waals surface area contributed by atoms with Crippen LogP contribution in [-0.2, 0) is 4.79 Å². The minimum absolute atomic E-state index is 0.0174. The van der Waals surface area contributed by atoms with Crippen LogP contribution >= 0.6 is 0 Å². The van der Waals surface area contributed by atoms with E-state index in [2.05, 4.69) is 25.1 Å². The van der Waals surface area contributed by atoms with Gasteiger partial charge in [0.25, 0.3) is 0 Å². The van der Waals surface area contributed by atoms with Gasteiger partial charge in [-0.2, -0.15) is 10.4 Å². The maximum atomic E-state index is 12.5. The van der Waals surface area contributed by atoms with E-state index >= 15 is 0 Å². The van der Waals surface area contributed by atoms with E-state index in [1.807, 2.05) is 18.3 Å². The van der Waals surface area contributed by atoms with E-state index < -0.39 is 0 Å². The van der Waals surface area contributed by atoms with E-state index in [4.69, 9.17) is 5.26 Å². The van der Waals surface area contributed by atoms with E-state index in [9.17, 15) is 4.79 Å². The first-order valence-corrected chi connectivity index (χ1v) is 8.13. The fourth-order valence-corrected chi connectivity index (χ4v) is 3.47. The van der Waals surface area contributed by atoms with Crippen LogP contribution in [0.3, 0.4) is 0 Å². The van der Waals surface area contributed by atoms with Crippen LogP contribution in [0, 0.1) is 17.2 Å². The Morgan fingerprint density at radius 2 is 2.40 bits per heavy atom. The minimum atomic E-state index is -0.106. The summed E-state index contributed by atoms with van der Waals surface area (Å²) < 4.78 is 0. The summed E-state index contributed by atoms with van der Waals surface area (Å²) in [6.07, 6.45) is 6.08. The Balaban J connectivity index is 1.68. The van der Waals surface area contributed by atoms with Gasteiger partial charge in [-0.3, -0.25) is 4.79 Å². The Labute approximate surface area is 144 Å². The molecule has 0 aromatic carbocycles. The number of hydrogen-bond donors (Lipinski definition) is 1. The van der Waals surface area contributed by atoms with Crippen molar-refractivity contribution in [1.29, 1.82) is 5.26 Å². The molecular weight excluding hydrogens is 318 g/mol. The molecule has 1 amide bonds. The van der Waals surface area contributed by atoms with Crippen molar-refractivity contribution < 1.29 is 4.79 Å². The number of nitriles is 1. The van der Waals surface area contributed by atoms with Crippen molar-refractivity contribution >= 4 is 33.5 Å². The molecule has 1 aliphatic rings. The lowest BCUT2D eigenvalue weighted by Crippen LogP contribution is -2.34. The summed E-state index contributed by atoms with van der Waals surface area (Å²) in [5.41, 5.74) is 2.51. The second-order valence-electron chi connectivity index (χ2n) is 6.27. The molecule has 1 fully saturated rings. The number of carbonyl (C=O) groups is 1. The number of hydrogen-bond acceptors (Lipinski definition) is 6.